The van der Waals surface area contributed by atoms with Crippen LogP contribution in [0.1, 0.15) is 10.4 Å². The second-order valence-electron chi connectivity index (χ2n) is 2.97. The van der Waals surface area contributed by atoms with E-state index in [9.17, 15) is 4.79 Å². The SMILES string of the molecule is O=C(OC1C=COC1)c1ccccc1. The third-order valence-electron chi connectivity index (χ3n) is 1.92. The fourth-order valence-corrected chi connectivity index (χ4v) is 1.20. The van der Waals surface area contributed by atoms with Crippen LogP contribution in [-0.2, 0) is 9.47 Å². The van der Waals surface area contributed by atoms with Crippen LogP contribution in [0.2, 0.25) is 0 Å². The van der Waals surface area contributed by atoms with Gasteiger partial charge in [-0.1, -0.05) is 18.2 Å². The Morgan fingerprint density at radius 3 is 2.79 bits per heavy atom. The lowest BCUT2D eigenvalue weighted by atomic mass is 10.2. The van der Waals surface area contributed by atoms with E-state index in [1.165, 1.54) is 0 Å². The highest BCUT2D eigenvalue weighted by molar-refractivity contribution is 5.89. The quantitative estimate of drug-likeness (QED) is 0.666. The maximum absolute atomic E-state index is 11.5. The zero-order valence-electron chi connectivity index (χ0n) is 7.55. The molecular weight excluding hydrogens is 180 g/mol. The van der Waals surface area contributed by atoms with E-state index >= 15 is 0 Å². The molecule has 1 unspecified atom stereocenters. The minimum absolute atomic E-state index is 0.247. The maximum Gasteiger partial charge on any atom is 0.338 e. The average molecular weight is 190 g/mol. The highest BCUT2D eigenvalue weighted by Gasteiger charge is 2.16. The molecule has 0 spiro atoms. The van der Waals surface area contributed by atoms with E-state index in [1.807, 2.05) is 6.07 Å². The fraction of sp³-hybridized carbons (Fsp3) is 0.182. The standard InChI is InChI=1S/C11H10O3/c12-11(9-4-2-1-3-5-9)14-10-6-7-13-8-10/h1-7,10H,8H2. The van der Waals surface area contributed by atoms with Gasteiger partial charge in [-0.3, -0.25) is 0 Å². The molecule has 1 heterocycles. The smallest absolute Gasteiger partial charge is 0.338 e. The summed E-state index contributed by atoms with van der Waals surface area (Å²) in [6.45, 7) is 0.415. The van der Waals surface area contributed by atoms with Crippen molar-refractivity contribution in [3.05, 3.63) is 48.2 Å². The van der Waals surface area contributed by atoms with Gasteiger partial charge >= 0.3 is 5.97 Å². The van der Waals surface area contributed by atoms with E-state index in [4.69, 9.17) is 9.47 Å². The summed E-state index contributed by atoms with van der Waals surface area (Å²) in [4.78, 5) is 11.5. The van der Waals surface area contributed by atoms with E-state index < -0.39 is 0 Å². The molecule has 2 rings (SSSR count). The third-order valence-corrected chi connectivity index (χ3v) is 1.92. The minimum Gasteiger partial charge on any atom is -0.497 e. The molecule has 3 heteroatoms. The Hall–Kier alpha value is -1.77. The summed E-state index contributed by atoms with van der Waals surface area (Å²) in [6.07, 6.45) is 3.02. The van der Waals surface area contributed by atoms with Gasteiger partial charge in [-0.25, -0.2) is 4.79 Å². The molecule has 1 aliphatic heterocycles. The summed E-state index contributed by atoms with van der Waals surface area (Å²) < 4.78 is 10.1. The fourth-order valence-electron chi connectivity index (χ4n) is 1.20. The molecule has 0 bridgehead atoms. The first-order valence-corrected chi connectivity index (χ1v) is 4.40. The van der Waals surface area contributed by atoms with Crippen molar-refractivity contribution in [3.8, 4) is 0 Å². The summed E-state index contributed by atoms with van der Waals surface area (Å²) in [6, 6.07) is 8.91. The van der Waals surface area contributed by atoms with Crippen molar-refractivity contribution in [1.82, 2.24) is 0 Å². The largest absolute Gasteiger partial charge is 0.497 e. The Kier molecular flexibility index (Phi) is 2.49. The van der Waals surface area contributed by atoms with Crippen molar-refractivity contribution in [2.75, 3.05) is 6.61 Å². The van der Waals surface area contributed by atoms with Crippen molar-refractivity contribution < 1.29 is 14.3 Å². The number of esters is 1. The Balaban J connectivity index is 1.99. The topological polar surface area (TPSA) is 35.5 Å². The van der Waals surface area contributed by atoms with Crippen molar-refractivity contribution in [1.29, 1.82) is 0 Å². The molecule has 0 radical (unpaired) electrons. The van der Waals surface area contributed by atoms with Crippen LogP contribution in [0.3, 0.4) is 0 Å². The number of benzene rings is 1. The zero-order valence-corrected chi connectivity index (χ0v) is 7.55. The van der Waals surface area contributed by atoms with Crippen LogP contribution in [0, 0.1) is 0 Å². The van der Waals surface area contributed by atoms with Crippen LogP contribution in [0.4, 0.5) is 0 Å². The molecule has 0 fully saturated rings. The maximum atomic E-state index is 11.5. The number of ether oxygens (including phenoxy) is 2. The van der Waals surface area contributed by atoms with Crippen molar-refractivity contribution >= 4 is 5.97 Å². The Morgan fingerprint density at radius 1 is 1.36 bits per heavy atom. The summed E-state index contributed by atoms with van der Waals surface area (Å²) in [5, 5.41) is 0. The highest BCUT2D eigenvalue weighted by atomic mass is 16.6. The number of hydrogen-bond acceptors (Lipinski definition) is 3. The molecule has 3 nitrogen and oxygen atoms in total. The van der Waals surface area contributed by atoms with Crippen LogP contribution >= 0.6 is 0 Å². The van der Waals surface area contributed by atoms with Gasteiger partial charge in [0.25, 0.3) is 0 Å². The van der Waals surface area contributed by atoms with Crippen LogP contribution < -0.4 is 0 Å². The number of carbonyl (C=O) groups excluding carboxylic acids is 1. The molecule has 1 atom stereocenters. The first-order chi connectivity index (χ1) is 6.86. The van der Waals surface area contributed by atoms with Gasteiger partial charge in [0.1, 0.15) is 6.61 Å². The van der Waals surface area contributed by atoms with Gasteiger partial charge in [0.15, 0.2) is 6.10 Å². The van der Waals surface area contributed by atoms with Crippen LogP contribution in [0.25, 0.3) is 0 Å². The monoisotopic (exact) mass is 190 g/mol. The molecule has 1 aromatic rings. The molecule has 0 aromatic heterocycles. The van der Waals surface area contributed by atoms with E-state index in [2.05, 4.69) is 0 Å². The lowest BCUT2D eigenvalue weighted by Crippen LogP contribution is -2.17. The van der Waals surface area contributed by atoms with Crippen LogP contribution in [0.15, 0.2) is 42.7 Å². The minimum atomic E-state index is -0.314. The first kappa shape index (κ1) is 8.81. The van der Waals surface area contributed by atoms with Gasteiger partial charge in [0.2, 0.25) is 0 Å². The molecule has 0 amide bonds. The molecule has 0 N–H and O–H groups in total. The van der Waals surface area contributed by atoms with E-state index in [0.29, 0.717) is 12.2 Å². The molecule has 14 heavy (non-hydrogen) atoms. The van der Waals surface area contributed by atoms with Crippen LogP contribution in [0.5, 0.6) is 0 Å². The number of rotatable bonds is 2. The summed E-state index contributed by atoms with van der Waals surface area (Å²) in [5.74, 6) is -0.314. The second kappa shape index (κ2) is 3.96. The number of hydrogen-bond donors (Lipinski definition) is 0. The summed E-state index contributed by atoms with van der Waals surface area (Å²) in [5.41, 5.74) is 0.563. The Bertz CT molecular complexity index is 343. The van der Waals surface area contributed by atoms with E-state index in [1.54, 1.807) is 36.6 Å². The predicted molar refractivity (Wildman–Crippen MR) is 50.7 cm³/mol. The van der Waals surface area contributed by atoms with Crippen molar-refractivity contribution in [2.24, 2.45) is 0 Å². The van der Waals surface area contributed by atoms with E-state index in [-0.39, 0.29) is 12.1 Å². The zero-order chi connectivity index (χ0) is 9.80. The molecule has 0 saturated carbocycles. The second-order valence-corrected chi connectivity index (χ2v) is 2.97. The molecular formula is C11H10O3. The van der Waals surface area contributed by atoms with E-state index in [0.717, 1.165) is 0 Å². The van der Waals surface area contributed by atoms with Gasteiger partial charge in [0.05, 0.1) is 11.8 Å². The van der Waals surface area contributed by atoms with Crippen LogP contribution in [-0.4, -0.2) is 18.7 Å². The molecule has 1 aromatic carbocycles. The van der Waals surface area contributed by atoms with Crippen molar-refractivity contribution in [3.63, 3.8) is 0 Å². The van der Waals surface area contributed by atoms with Gasteiger partial charge < -0.3 is 9.47 Å². The lowest BCUT2D eigenvalue weighted by molar-refractivity contribution is 0.0319. The van der Waals surface area contributed by atoms with Gasteiger partial charge in [0, 0.05) is 0 Å². The predicted octanol–water partition coefficient (Wildman–Crippen LogP) is 1.76. The molecule has 72 valence electrons. The lowest BCUT2D eigenvalue weighted by Gasteiger charge is -2.08. The Labute approximate surface area is 81.9 Å². The van der Waals surface area contributed by atoms with Crippen molar-refractivity contribution in [2.45, 2.75) is 6.10 Å². The normalized spacial score (nSPS) is 19.0. The molecule has 1 aliphatic rings. The average Bonchev–Trinajstić information content (AvgIpc) is 2.72. The first-order valence-electron chi connectivity index (χ1n) is 4.40. The molecule has 0 aliphatic carbocycles. The van der Waals surface area contributed by atoms with Gasteiger partial charge in [-0.15, -0.1) is 0 Å². The highest BCUT2D eigenvalue weighted by Crippen LogP contribution is 2.08. The van der Waals surface area contributed by atoms with Gasteiger partial charge in [-0.2, -0.15) is 0 Å². The van der Waals surface area contributed by atoms with Gasteiger partial charge in [-0.05, 0) is 18.2 Å². The summed E-state index contributed by atoms with van der Waals surface area (Å²) in [7, 11) is 0. The third kappa shape index (κ3) is 1.93. The molecule has 0 saturated heterocycles. The summed E-state index contributed by atoms with van der Waals surface area (Å²) >= 11 is 0. The number of carbonyl (C=O) groups is 1. The Morgan fingerprint density at radius 2 is 2.14 bits per heavy atom.